The van der Waals surface area contributed by atoms with E-state index in [1.165, 1.54) is 0 Å². The molecule has 0 saturated carbocycles. The summed E-state index contributed by atoms with van der Waals surface area (Å²) in [6, 6.07) is 5.40. The number of carbonyl (C=O) groups is 1. The molecule has 0 heterocycles. The molecule has 4 heteroatoms. The van der Waals surface area contributed by atoms with Gasteiger partial charge in [-0.1, -0.05) is 6.07 Å². The molecule has 3 N–H and O–H groups in total. The standard InChI is InChI=1S/C13H21N3O/c1-5-16(4)13(17)10(3)15-12-8-11(14)7-6-9(12)2/h6-8,10,15H,5,14H2,1-4H3. The molecule has 0 radical (unpaired) electrons. The molecule has 0 aliphatic heterocycles. The van der Waals surface area contributed by atoms with Crippen LogP contribution in [0.5, 0.6) is 0 Å². The number of rotatable bonds is 4. The average Bonchev–Trinajstić information content (AvgIpc) is 2.31. The SMILES string of the molecule is CCN(C)C(=O)C(C)Nc1cc(N)ccc1C. The van der Waals surface area contributed by atoms with E-state index in [4.69, 9.17) is 5.73 Å². The molecule has 0 aliphatic carbocycles. The van der Waals surface area contributed by atoms with Crippen molar-refractivity contribution in [3.8, 4) is 0 Å². The fraction of sp³-hybridized carbons (Fsp3) is 0.462. The van der Waals surface area contributed by atoms with E-state index in [0.717, 1.165) is 11.3 Å². The number of carbonyl (C=O) groups excluding carboxylic acids is 1. The van der Waals surface area contributed by atoms with Crippen LogP contribution in [0, 0.1) is 6.92 Å². The molecule has 17 heavy (non-hydrogen) atoms. The van der Waals surface area contributed by atoms with Crippen LogP contribution in [0.3, 0.4) is 0 Å². The van der Waals surface area contributed by atoms with E-state index in [1.54, 1.807) is 11.9 Å². The topological polar surface area (TPSA) is 58.4 Å². The van der Waals surface area contributed by atoms with Crippen LogP contribution >= 0.6 is 0 Å². The first-order valence-corrected chi connectivity index (χ1v) is 5.83. The molecule has 4 nitrogen and oxygen atoms in total. The van der Waals surface area contributed by atoms with Gasteiger partial charge in [0, 0.05) is 25.0 Å². The number of likely N-dealkylation sites (N-methyl/N-ethyl adjacent to an activating group) is 1. The highest BCUT2D eigenvalue weighted by molar-refractivity contribution is 5.84. The predicted molar refractivity (Wildman–Crippen MR) is 72.0 cm³/mol. The summed E-state index contributed by atoms with van der Waals surface area (Å²) in [5.41, 5.74) is 8.42. The molecule has 1 aromatic rings. The van der Waals surface area contributed by atoms with Crippen molar-refractivity contribution in [2.75, 3.05) is 24.6 Å². The van der Waals surface area contributed by atoms with Crippen molar-refractivity contribution in [2.45, 2.75) is 26.8 Å². The predicted octanol–water partition coefficient (Wildman–Crippen LogP) is 1.86. The minimum absolute atomic E-state index is 0.0781. The lowest BCUT2D eigenvalue weighted by Crippen LogP contribution is -2.38. The lowest BCUT2D eigenvalue weighted by Gasteiger charge is -2.22. The number of hydrogen-bond acceptors (Lipinski definition) is 3. The molecule has 94 valence electrons. The largest absolute Gasteiger partial charge is 0.399 e. The Morgan fingerprint density at radius 3 is 2.76 bits per heavy atom. The fourth-order valence-corrected chi connectivity index (χ4v) is 1.58. The first-order valence-electron chi connectivity index (χ1n) is 5.83. The van der Waals surface area contributed by atoms with Crippen LogP contribution in [-0.4, -0.2) is 30.4 Å². The van der Waals surface area contributed by atoms with Crippen LogP contribution in [-0.2, 0) is 4.79 Å². The van der Waals surface area contributed by atoms with Crippen LogP contribution in [0.1, 0.15) is 19.4 Å². The number of amides is 1. The molecule has 0 saturated heterocycles. The molecular formula is C13H21N3O. The molecule has 0 fully saturated rings. The zero-order valence-electron chi connectivity index (χ0n) is 10.9. The molecule has 1 unspecified atom stereocenters. The van der Waals surface area contributed by atoms with Gasteiger partial charge in [0.2, 0.25) is 5.91 Å². The van der Waals surface area contributed by atoms with E-state index >= 15 is 0 Å². The number of nitrogens with zero attached hydrogens (tertiary/aromatic N) is 1. The Bertz CT molecular complexity index is 404. The highest BCUT2D eigenvalue weighted by Gasteiger charge is 2.16. The van der Waals surface area contributed by atoms with E-state index < -0.39 is 0 Å². The van der Waals surface area contributed by atoms with E-state index in [2.05, 4.69) is 5.32 Å². The van der Waals surface area contributed by atoms with Gasteiger partial charge in [-0.15, -0.1) is 0 Å². The van der Waals surface area contributed by atoms with Crippen molar-refractivity contribution in [2.24, 2.45) is 0 Å². The van der Waals surface area contributed by atoms with Crippen molar-refractivity contribution < 1.29 is 4.79 Å². The quantitative estimate of drug-likeness (QED) is 0.783. The number of nitrogens with two attached hydrogens (primary N) is 1. The first kappa shape index (κ1) is 13.4. The number of benzene rings is 1. The molecule has 1 aromatic carbocycles. The number of nitrogen functional groups attached to an aromatic ring is 1. The summed E-state index contributed by atoms with van der Waals surface area (Å²) in [7, 11) is 1.80. The van der Waals surface area contributed by atoms with Crippen LogP contribution in [0.25, 0.3) is 0 Å². The van der Waals surface area contributed by atoms with Crippen molar-refractivity contribution in [1.82, 2.24) is 4.90 Å². The highest BCUT2D eigenvalue weighted by atomic mass is 16.2. The lowest BCUT2D eigenvalue weighted by molar-refractivity contribution is -0.130. The second-order valence-corrected chi connectivity index (χ2v) is 4.29. The van der Waals surface area contributed by atoms with Crippen molar-refractivity contribution in [3.63, 3.8) is 0 Å². The van der Waals surface area contributed by atoms with E-state index in [9.17, 15) is 4.79 Å². The Hall–Kier alpha value is -1.71. The summed E-state index contributed by atoms with van der Waals surface area (Å²) in [6.45, 7) is 6.51. The van der Waals surface area contributed by atoms with Crippen LogP contribution in [0.15, 0.2) is 18.2 Å². The average molecular weight is 235 g/mol. The minimum Gasteiger partial charge on any atom is -0.399 e. The fourth-order valence-electron chi connectivity index (χ4n) is 1.58. The van der Waals surface area contributed by atoms with Crippen LogP contribution in [0.2, 0.25) is 0 Å². The Kier molecular flexibility index (Phi) is 4.37. The Balaban J connectivity index is 2.77. The number of nitrogens with one attached hydrogen (secondary N) is 1. The summed E-state index contributed by atoms with van der Waals surface area (Å²) in [5.74, 6) is 0.0781. The third-order valence-corrected chi connectivity index (χ3v) is 2.85. The van der Waals surface area contributed by atoms with Crippen molar-refractivity contribution in [3.05, 3.63) is 23.8 Å². The molecule has 0 aliphatic rings. The van der Waals surface area contributed by atoms with Crippen molar-refractivity contribution >= 4 is 17.3 Å². The number of hydrogen-bond donors (Lipinski definition) is 2. The molecule has 1 rings (SSSR count). The van der Waals surface area contributed by atoms with Gasteiger partial charge in [-0.2, -0.15) is 0 Å². The van der Waals surface area contributed by atoms with E-state index in [1.807, 2.05) is 39.0 Å². The van der Waals surface area contributed by atoms with Crippen LogP contribution < -0.4 is 11.1 Å². The zero-order chi connectivity index (χ0) is 13.0. The summed E-state index contributed by atoms with van der Waals surface area (Å²) in [5, 5.41) is 3.19. The van der Waals surface area contributed by atoms with Gasteiger partial charge in [-0.05, 0) is 38.5 Å². The van der Waals surface area contributed by atoms with Crippen LogP contribution in [0.4, 0.5) is 11.4 Å². The number of aryl methyl sites for hydroxylation is 1. The zero-order valence-corrected chi connectivity index (χ0v) is 10.9. The third kappa shape index (κ3) is 3.37. The normalized spacial score (nSPS) is 12.0. The molecular weight excluding hydrogens is 214 g/mol. The van der Waals surface area contributed by atoms with Gasteiger partial charge < -0.3 is 16.0 Å². The van der Waals surface area contributed by atoms with Gasteiger partial charge in [0.05, 0.1) is 0 Å². The Morgan fingerprint density at radius 2 is 2.18 bits per heavy atom. The van der Waals surface area contributed by atoms with E-state index in [-0.39, 0.29) is 11.9 Å². The molecule has 0 aromatic heterocycles. The minimum atomic E-state index is -0.250. The molecule has 1 atom stereocenters. The monoisotopic (exact) mass is 235 g/mol. The molecule has 0 bridgehead atoms. The number of anilines is 2. The van der Waals surface area contributed by atoms with Crippen molar-refractivity contribution in [1.29, 1.82) is 0 Å². The maximum Gasteiger partial charge on any atom is 0.244 e. The summed E-state index contributed by atoms with van der Waals surface area (Å²) >= 11 is 0. The second-order valence-electron chi connectivity index (χ2n) is 4.29. The first-order chi connectivity index (χ1) is 7.95. The smallest absolute Gasteiger partial charge is 0.244 e. The maximum atomic E-state index is 11.9. The van der Waals surface area contributed by atoms with Gasteiger partial charge in [0.1, 0.15) is 6.04 Å². The van der Waals surface area contributed by atoms with Gasteiger partial charge >= 0.3 is 0 Å². The Labute approximate surface area is 103 Å². The van der Waals surface area contributed by atoms with Gasteiger partial charge in [-0.25, -0.2) is 0 Å². The summed E-state index contributed by atoms with van der Waals surface area (Å²) in [4.78, 5) is 13.6. The van der Waals surface area contributed by atoms with E-state index in [0.29, 0.717) is 12.2 Å². The van der Waals surface area contributed by atoms with Gasteiger partial charge in [-0.3, -0.25) is 4.79 Å². The van der Waals surface area contributed by atoms with Gasteiger partial charge in [0.15, 0.2) is 0 Å². The molecule has 0 spiro atoms. The lowest BCUT2D eigenvalue weighted by atomic mass is 10.1. The highest BCUT2D eigenvalue weighted by Crippen LogP contribution is 2.19. The maximum absolute atomic E-state index is 11.9. The van der Waals surface area contributed by atoms with Gasteiger partial charge in [0.25, 0.3) is 0 Å². The molecule has 1 amide bonds. The summed E-state index contributed by atoms with van der Waals surface area (Å²) in [6.07, 6.45) is 0. The second kappa shape index (κ2) is 5.57. The third-order valence-electron chi connectivity index (χ3n) is 2.85. The Morgan fingerprint density at radius 1 is 1.53 bits per heavy atom. The summed E-state index contributed by atoms with van der Waals surface area (Å²) < 4.78 is 0.